The standard InChI is InChI=1S/C11H11N3O2/c1-7-6-8(2-3-9(7)12)13-11(15)10-4-5-16-14-10/h2-6H,12H2,1H3,(H,13,15). The summed E-state index contributed by atoms with van der Waals surface area (Å²) < 4.78 is 4.59. The summed E-state index contributed by atoms with van der Waals surface area (Å²) >= 11 is 0. The van der Waals surface area contributed by atoms with Crippen molar-refractivity contribution in [1.82, 2.24) is 5.16 Å². The van der Waals surface area contributed by atoms with E-state index < -0.39 is 0 Å². The highest BCUT2D eigenvalue weighted by Crippen LogP contribution is 2.17. The van der Waals surface area contributed by atoms with Gasteiger partial charge in [0.2, 0.25) is 0 Å². The first-order chi connectivity index (χ1) is 7.66. The number of nitrogens with zero attached hydrogens (tertiary/aromatic N) is 1. The summed E-state index contributed by atoms with van der Waals surface area (Å²) in [7, 11) is 0. The van der Waals surface area contributed by atoms with E-state index in [0.717, 1.165) is 5.56 Å². The molecule has 0 spiro atoms. The van der Waals surface area contributed by atoms with Crippen LogP contribution in [0.25, 0.3) is 0 Å². The van der Waals surface area contributed by atoms with Gasteiger partial charge in [-0.05, 0) is 30.7 Å². The third-order valence-corrected chi connectivity index (χ3v) is 2.20. The minimum absolute atomic E-state index is 0.245. The maximum Gasteiger partial charge on any atom is 0.277 e. The van der Waals surface area contributed by atoms with Gasteiger partial charge in [-0.25, -0.2) is 0 Å². The second kappa shape index (κ2) is 4.06. The molecule has 0 bridgehead atoms. The van der Waals surface area contributed by atoms with E-state index in [1.807, 2.05) is 6.92 Å². The van der Waals surface area contributed by atoms with Crippen molar-refractivity contribution in [2.45, 2.75) is 6.92 Å². The fourth-order valence-electron chi connectivity index (χ4n) is 1.28. The predicted molar refractivity (Wildman–Crippen MR) is 60.0 cm³/mol. The Morgan fingerprint density at radius 2 is 2.25 bits per heavy atom. The van der Waals surface area contributed by atoms with Gasteiger partial charge >= 0.3 is 0 Å². The van der Waals surface area contributed by atoms with E-state index in [1.165, 1.54) is 12.3 Å². The van der Waals surface area contributed by atoms with Gasteiger partial charge in [0.25, 0.3) is 5.91 Å². The van der Waals surface area contributed by atoms with Crippen LogP contribution in [0.3, 0.4) is 0 Å². The molecule has 0 saturated heterocycles. The molecule has 2 rings (SSSR count). The van der Waals surface area contributed by atoms with Crippen LogP contribution in [0.4, 0.5) is 11.4 Å². The fourth-order valence-corrected chi connectivity index (χ4v) is 1.28. The van der Waals surface area contributed by atoms with Crippen molar-refractivity contribution in [3.05, 3.63) is 41.8 Å². The molecule has 0 unspecified atom stereocenters. The van der Waals surface area contributed by atoms with Crippen LogP contribution in [0.2, 0.25) is 0 Å². The van der Waals surface area contributed by atoms with Gasteiger partial charge < -0.3 is 15.6 Å². The van der Waals surface area contributed by atoms with E-state index in [0.29, 0.717) is 11.4 Å². The number of hydrogen-bond donors (Lipinski definition) is 2. The lowest BCUT2D eigenvalue weighted by Crippen LogP contribution is -2.12. The molecule has 0 atom stereocenters. The second-order valence-corrected chi connectivity index (χ2v) is 3.41. The molecule has 2 aromatic rings. The van der Waals surface area contributed by atoms with Crippen molar-refractivity contribution in [2.24, 2.45) is 0 Å². The molecule has 82 valence electrons. The predicted octanol–water partition coefficient (Wildman–Crippen LogP) is 1.82. The smallest absolute Gasteiger partial charge is 0.277 e. The molecule has 0 aliphatic heterocycles. The summed E-state index contributed by atoms with van der Waals surface area (Å²) in [5.74, 6) is -0.307. The average Bonchev–Trinajstić information content (AvgIpc) is 2.77. The number of carbonyl (C=O) groups is 1. The van der Waals surface area contributed by atoms with Crippen molar-refractivity contribution >= 4 is 17.3 Å². The number of anilines is 2. The number of aromatic nitrogens is 1. The summed E-state index contributed by atoms with van der Waals surface area (Å²) in [6.07, 6.45) is 1.35. The van der Waals surface area contributed by atoms with E-state index in [9.17, 15) is 4.79 Å². The highest BCUT2D eigenvalue weighted by molar-refractivity contribution is 6.02. The Morgan fingerprint density at radius 3 is 2.88 bits per heavy atom. The second-order valence-electron chi connectivity index (χ2n) is 3.41. The number of nitrogens with two attached hydrogens (primary N) is 1. The van der Waals surface area contributed by atoms with Crippen LogP contribution in [-0.2, 0) is 0 Å². The molecule has 1 aromatic carbocycles. The summed E-state index contributed by atoms with van der Waals surface area (Å²) in [5, 5.41) is 6.24. The van der Waals surface area contributed by atoms with Gasteiger partial charge in [-0.15, -0.1) is 0 Å². The lowest BCUT2D eigenvalue weighted by molar-refractivity contribution is 0.101. The summed E-state index contributed by atoms with van der Waals surface area (Å²) in [6, 6.07) is 6.78. The van der Waals surface area contributed by atoms with E-state index >= 15 is 0 Å². The number of aryl methyl sites for hydroxylation is 1. The number of benzene rings is 1. The molecule has 1 amide bonds. The minimum Gasteiger partial charge on any atom is -0.399 e. The highest BCUT2D eigenvalue weighted by atomic mass is 16.5. The van der Waals surface area contributed by atoms with Crippen molar-refractivity contribution in [3.63, 3.8) is 0 Å². The van der Waals surface area contributed by atoms with E-state index in [2.05, 4.69) is 15.0 Å². The third kappa shape index (κ3) is 2.03. The molecule has 0 aliphatic rings. The molecule has 3 N–H and O–H groups in total. The Balaban J connectivity index is 2.15. The zero-order chi connectivity index (χ0) is 11.5. The summed E-state index contributed by atoms with van der Waals surface area (Å²) in [6.45, 7) is 1.88. The Hall–Kier alpha value is -2.30. The van der Waals surface area contributed by atoms with Gasteiger partial charge in [0.15, 0.2) is 5.69 Å². The van der Waals surface area contributed by atoms with Crippen LogP contribution in [0.15, 0.2) is 35.1 Å². The maximum absolute atomic E-state index is 11.6. The molecule has 0 aliphatic carbocycles. The van der Waals surface area contributed by atoms with Crippen molar-refractivity contribution in [3.8, 4) is 0 Å². The van der Waals surface area contributed by atoms with Crippen LogP contribution >= 0.6 is 0 Å². The van der Waals surface area contributed by atoms with Crippen LogP contribution in [0, 0.1) is 6.92 Å². The van der Waals surface area contributed by atoms with Gasteiger partial charge in [0.1, 0.15) is 6.26 Å². The van der Waals surface area contributed by atoms with Gasteiger partial charge in [0.05, 0.1) is 0 Å². The van der Waals surface area contributed by atoms with E-state index in [4.69, 9.17) is 5.73 Å². The first kappa shape index (κ1) is 10.2. The Morgan fingerprint density at radius 1 is 1.44 bits per heavy atom. The third-order valence-electron chi connectivity index (χ3n) is 2.20. The van der Waals surface area contributed by atoms with Crippen LogP contribution in [0.1, 0.15) is 16.1 Å². The van der Waals surface area contributed by atoms with Crippen LogP contribution < -0.4 is 11.1 Å². The maximum atomic E-state index is 11.6. The minimum atomic E-state index is -0.307. The molecule has 0 saturated carbocycles. The van der Waals surface area contributed by atoms with Crippen molar-refractivity contribution in [2.75, 3.05) is 11.1 Å². The largest absolute Gasteiger partial charge is 0.399 e. The molecular weight excluding hydrogens is 206 g/mol. The monoisotopic (exact) mass is 217 g/mol. The highest BCUT2D eigenvalue weighted by Gasteiger charge is 2.09. The molecule has 1 aromatic heterocycles. The number of rotatable bonds is 2. The summed E-state index contributed by atoms with van der Waals surface area (Å²) in [4.78, 5) is 11.6. The lowest BCUT2D eigenvalue weighted by atomic mass is 10.2. The fraction of sp³-hybridized carbons (Fsp3) is 0.0909. The van der Waals surface area contributed by atoms with Gasteiger partial charge in [-0.1, -0.05) is 5.16 Å². The molecule has 0 radical (unpaired) electrons. The topological polar surface area (TPSA) is 81.2 Å². The Labute approximate surface area is 92.2 Å². The number of nitrogens with one attached hydrogen (secondary N) is 1. The van der Waals surface area contributed by atoms with Gasteiger partial charge in [-0.2, -0.15) is 0 Å². The molecule has 5 heteroatoms. The number of hydrogen-bond acceptors (Lipinski definition) is 4. The SMILES string of the molecule is Cc1cc(NC(=O)c2ccon2)ccc1N. The van der Waals surface area contributed by atoms with Gasteiger partial charge in [0, 0.05) is 17.4 Å². The average molecular weight is 217 g/mol. The first-order valence-corrected chi connectivity index (χ1v) is 4.74. The quantitative estimate of drug-likeness (QED) is 0.752. The summed E-state index contributed by atoms with van der Waals surface area (Å²) in [5.41, 5.74) is 8.21. The number of carbonyl (C=O) groups excluding carboxylic acids is 1. The zero-order valence-corrected chi connectivity index (χ0v) is 8.73. The Kier molecular flexibility index (Phi) is 2.59. The first-order valence-electron chi connectivity index (χ1n) is 4.74. The molecular formula is C11H11N3O2. The zero-order valence-electron chi connectivity index (χ0n) is 8.73. The molecule has 0 fully saturated rings. The lowest BCUT2D eigenvalue weighted by Gasteiger charge is -2.05. The van der Waals surface area contributed by atoms with E-state index in [-0.39, 0.29) is 11.6 Å². The van der Waals surface area contributed by atoms with Crippen molar-refractivity contribution < 1.29 is 9.32 Å². The van der Waals surface area contributed by atoms with Crippen LogP contribution in [-0.4, -0.2) is 11.1 Å². The molecule has 5 nitrogen and oxygen atoms in total. The van der Waals surface area contributed by atoms with Crippen molar-refractivity contribution in [1.29, 1.82) is 0 Å². The van der Waals surface area contributed by atoms with Gasteiger partial charge in [-0.3, -0.25) is 4.79 Å². The number of amides is 1. The normalized spacial score (nSPS) is 10.1. The number of nitrogen functional groups attached to an aromatic ring is 1. The van der Waals surface area contributed by atoms with Crippen LogP contribution in [0.5, 0.6) is 0 Å². The van der Waals surface area contributed by atoms with E-state index in [1.54, 1.807) is 18.2 Å². The molecule has 1 heterocycles. The Bertz CT molecular complexity index is 506. The molecule has 16 heavy (non-hydrogen) atoms.